The molecule has 0 bridgehead atoms. The summed E-state index contributed by atoms with van der Waals surface area (Å²) in [5, 5.41) is 8.89. The van der Waals surface area contributed by atoms with Crippen molar-refractivity contribution >= 4 is 19.8 Å². The molecule has 0 fully saturated rings. The van der Waals surface area contributed by atoms with Crippen molar-refractivity contribution in [3.05, 3.63) is 24.3 Å². The van der Waals surface area contributed by atoms with Gasteiger partial charge in [0.1, 0.15) is 12.1 Å². The number of phosphoric acid groups is 1. The highest BCUT2D eigenvalue weighted by Crippen LogP contribution is 2.43. The number of carboxylic acids is 1. The molecule has 4 N–H and O–H groups in total. The van der Waals surface area contributed by atoms with Gasteiger partial charge < -0.3 is 25.2 Å². The quantitative estimate of drug-likeness (QED) is 0.0236. The number of nitrogens with two attached hydrogens (primary N) is 1. The van der Waals surface area contributed by atoms with Crippen LogP contribution in [-0.2, 0) is 32.7 Å². The largest absolute Gasteiger partial charge is 0.480 e. The molecule has 0 amide bonds. The fraction of sp³-hybridized carbons (Fsp3) is 0.860. The van der Waals surface area contributed by atoms with E-state index in [2.05, 4.69) is 38.2 Å². The van der Waals surface area contributed by atoms with E-state index in [-0.39, 0.29) is 13.0 Å². The number of esters is 1. The van der Waals surface area contributed by atoms with Gasteiger partial charge in [0, 0.05) is 13.0 Å². The lowest BCUT2D eigenvalue weighted by molar-refractivity contribution is -0.154. The highest BCUT2D eigenvalue weighted by atomic mass is 31.2. The number of allylic oxidation sites excluding steroid dienone is 4. The molecule has 0 spiro atoms. The molecule has 0 rings (SSSR count). The van der Waals surface area contributed by atoms with E-state index in [1.807, 2.05) is 0 Å². The molecular formula is C43H82NO9P. The zero-order chi connectivity index (χ0) is 39.8. The standard InChI is InChI=1S/C43H82NO9P/c1-3-5-7-9-11-13-15-17-19-20-21-22-24-26-28-30-32-34-36-50-37-40(38-51-54(48,49)52-39-41(44)43(46)47)53-42(45)35-33-31-29-27-25-23-18-16-14-12-10-8-6-4-2/h10,12,16,18,40-41H,3-9,11,13-15,17,19-39,44H2,1-2H3,(H,46,47)(H,48,49)/b12-10-,18-16-/t40-,41+/m1/s1. The summed E-state index contributed by atoms with van der Waals surface area (Å²) < 4.78 is 33.3. The molecule has 318 valence electrons. The van der Waals surface area contributed by atoms with Crippen LogP contribution in [0.5, 0.6) is 0 Å². The predicted molar refractivity (Wildman–Crippen MR) is 222 cm³/mol. The summed E-state index contributed by atoms with van der Waals surface area (Å²) >= 11 is 0. The maximum Gasteiger partial charge on any atom is 0.472 e. The van der Waals surface area contributed by atoms with E-state index in [1.54, 1.807) is 0 Å². The number of carbonyl (C=O) groups excluding carboxylic acids is 1. The first kappa shape index (κ1) is 52.5. The number of unbranched alkanes of at least 4 members (excludes halogenated alkanes) is 24. The van der Waals surface area contributed by atoms with E-state index in [0.717, 1.165) is 64.2 Å². The Morgan fingerprint density at radius 1 is 0.593 bits per heavy atom. The van der Waals surface area contributed by atoms with Gasteiger partial charge >= 0.3 is 19.8 Å². The van der Waals surface area contributed by atoms with Crippen molar-refractivity contribution in [1.29, 1.82) is 0 Å². The third-order valence-corrected chi connectivity index (χ3v) is 10.4. The zero-order valence-electron chi connectivity index (χ0n) is 34.6. The van der Waals surface area contributed by atoms with Gasteiger partial charge in [-0.1, -0.05) is 179 Å². The smallest absolute Gasteiger partial charge is 0.472 e. The van der Waals surface area contributed by atoms with E-state index >= 15 is 0 Å². The Bertz CT molecular complexity index is 961. The van der Waals surface area contributed by atoms with Crippen LogP contribution < -0.4 is 5.73 Å². The molecule has 0 aromatic heterocycles. The monoisotopic (exact) mass is 788 g/mol. The lowest BCUT2D eigenvalue weighted by Crippen LogP contribution is -2.34. The minimum Gasteiger partial charge on any atom is -0.480 e. The van der Waals surface area contributed by atoms with E-state index < -0.39 is 45.1 Å². The van der Waals surface area contributed by atoms with Crippen LogP contribution in [0, 0.1) is 0 Å². The second-order valence-corrected chi connectivity index (χ2v) is 16.3. The maximum absolute atomic E-state index is 12.6. The van der Waals surface area contributed by atoms with Gasteiger partial charge in [0.15, 0.2) is 0 Å². The van der Waals surface area contributed by atoms with Crippen LogP contribution in [0.4, 0.5) is 0 Å². The van der Waals surface area contributed by atoms with Crippen molar-refractivity contribution < 1.29 is 42.7 Å². The number of hydrogen-bond acceptors (Lipinski definition) is 8. The van der Waals surface area contributed by atoms with Crippen LogP contribution in [-0.4, -0.2) is 60.5 Å². The number of ether oxygens (including phenoxy) is 2. The third-order valence-electron chi connectivity index (χ3n) is 9.48. The molecule has 0 aromatic carbocycles. The van der Waals surface area contributed by atoms with Crippen molar-refractivity contribution in [2.45, 2.75) is 212 Å². The summed E-state index contributed by atoms with van der Waals surface area (Å²) in [6, 6.07) is -1.47. The Kier molecular flexibility index (Phi) is 38.5. The first-order valence-electron chi connectivity index (χ1n) is 21.9. The molecule has 11 heteroatoms. The molecule has 1 unspecified atom stereocenters. The summed E-state index contributed by atoms with van der Waals surface area (Å²) in [6.07, 6.45) is 42.3. The highest BCUT2D eigenvalue weighted by molar-refractivity contribution is 7.47. The van der Waals surface area contributed by atoms with E-state index in [1.165, 1.54) is 109 Å². The van der Waals surface area contributed by atoms with Gasteiger partial charge in [-0.3, -0.25) is 18.6 Å². The summed E-state index contributed by atoms with van der Waals surface area (Å²) in [5.74, 6) is -1.79. The van der Waals surface area contributed by atoms with Crippen LogP contribution in [0.3, 0.4) is 0 Å². The SMILES string of the molecule is CCCC/C=C\C/C=C\CCCCCCCC(=O)O[C@H](COCCCCCCCCCCCCCCCCCCCC)COP(=O)(O)OC[C@H](N)C(=O)O. The van der Waals surface area contributed by atoms with Gasteiger partial charge in [-0.25, -0.2) is 4.57 Å². The molecule has 0 heterocycles. The fourth-order valence-electron chi connectivity index (χ4n) is 6.03. The van der Waals surface area contributed by atoms with Crippen molar-refractivity contribution in [2.24, 2.45) is 5.73 Å². The second kappa shape index (κ2) is 39.7. The van der Waals surface area contributed by atoms with Crippen LogP contribution in [0.2, 0.25) is 0 Å². The third kappa shape index (κ3) is 38.7. The molecule has 0 aliphatic rings. The number of rotatable bonds is 42. The van der Waals surface area contributed by atoms with Gasteiger partial charge in [-0.15, -0.1) is 0 Å². The summed E-state index contributed by atoms with van der Waals surface area (Å²) in [7, 11) is -4.61. The second-order valence-electron chi connectivity index (χ2n) is 14.8. The summed E-state index contributed by atoms with van der Waals surface area (Å²) in [4.78, 5) is 33.5. The maximum atomic E-state index is 12.6. The Labute approximate surface area is 330 Å². The van der Waals surface area contributed by atoms with Gasteiger partial charge in [0.25, 0.3) is 0 Å². The van der Waals surface area contributed by atoms with Crippen molar-refractivity contribution in [3.63, 3.8) is 0 Å². The predicted octanol–water partition coefficient (Wildman–Crippen LogP) is 11.9. The van der Waals surface area contributed by atoms with Gasteiger partial charge in [-0.05, 0) is 38.5 Å². The molecule has 0 saturated carbocycles. The molecule has 0 saturated heterocycles. The first-order valence-corrected chi connectivity index (χ1v) is 23.4. The normalized spacial score (nSPS) is 14.1. The van der Waals surface area contributed by atoms with Crippen molar-refractivity contribution in [2.75, 3.05) is 26.4 Å². The van der Waals surface area contributed by atoms with Crippen LogP contribution in [0.1, 0.15) is 200 Å². The zero-order valence-corrected chi connectivity index (χ0v) is 35.5. The number of carboxylic acid groups (broad SMARTS) is 1. The Morgan fingerprint density at radius 3 is 1.56 bits per heavy atom. The number of hydrogen-bond donors (Lipinski definition) is 3. The molecule has 0 radical (unpaired) electrons. The minimum atomic E-state index is -4.61. The lowest BCUT2D eigenvalue weighted by Gasteiger charge is -2.20. The minimum absolute atomic E-state index is 0.0153. The van der Waals surface area contributed by atoms with E-state index in [4.69, 9.17) is 29.4 Å². The van der Waals surface area contributed by atoms with E-state index in [0.29, 0.717) is 13.0 Å². The first-order chi connectivity index (χ1) is 26.2. The Balaban J connectivity index is 4.21. The van der Waals surface area contributed by atoms with E-state index in [9.17, 15) is 19.0 Å². The van der Waals surface area contributed by atoms with Gasteiger partial charge in [0.2, 0.25) is 0 Å². The Morgan fingerprint density at radius 2 is 1.04 bits per heavy atom. The van der Waals surface area contributed by atoms with Gasteiger partial charge in [-0.2, -0.15) is 0 Å². The molecule has 0 aliphatic carbocycles. The van der Waals surface area contributed by atoms with Crippen LogP contribution in [0.15, 0.2) is 24.3 Å². The average Bonchev–Trinajstić information content (AvgIpc) is 3.15. The van der Waals surface area contributed by atoms with Crippen LogP contribution in [0.25, 0.3) is 0 Å². The molecular weight excluding hydrogens is 705 g/mol. The molecule has 3 atom stereocenters. The number of aliphatic carboxylic acids is 1. The summed E-state index contributed by atoms with van der Waals surface area (Å²) in [5.41, 5.74) is 5.35. The van der Waals surface area contributed by atoms with Gasteiger partial charge in [0.05, 0.1) is 19.8 Å². The van der Waals surface area contributed by atoms with Crippen molar-refractivity contribution in [1.82, 2.24) is 0 Å². The lowest BCUT2D eigenvalue weighted by atomic mass is 10.0. The molecule has 54 heavy (non-hydrogen) atoms. The van der Waals surface area contributed by atoms with Crippen LogP contribution >= 0.6 is 7.82 Å². The fourth-order valence-corrected chi connectivity index (χ4v) is 6.81. The highest BCUT2D eigenvalue weighted by Gasteiger charge is 2.27. The Hall–Kier alpha value is -1.55. The summed E-state index contributed by atoms with van der Waals surface area (Å²) in [6.45, 7) is 3.85. The number of carbonyl (C=O) groups is 2. The molecule has 0 aromatic rings. The van der Waals surface area contributed by atoms with Crippen molar-refractivity contribution in [3.8, 4) is 0 Å². The molecule has 10 nitrogen and oxygen atoms in total. The topological polar surface area (TPSA) is 155 Å². The average molecular weight is 788 g/mol. The molecule has 0 aliphatic heterocycles. The number of phosphoric ester groups is 1.